The first-order chi connectivity index (χ1) is 6.53. The lowest BCUT2D eigenvalue weighted by Crippen LogP contribution is -2.45. The predicted molar refractivity (Wildman–Crippen MR) is 61.4 cm³/mol. The summed E-state index contributed by atoms with van der Waals surface area (Å²) in [4.78, 5) is 0. The van der Waals surface area contributed by atoms with Gasteiger partial charge in [0, 0.05) is 17.7 Å². The summed E-state index contributed by atoms with van der Waals surface area (Å²) in [6.07, 6.45) is 2.55. The minimum atomic E-state index is -2.00. The van der Waals surface area contributed by atoms with E-state index in [1.165, 1.54) is 12.8 Å². The SMILES string of the molecule is C=C(C)O[Si](OCC)(C(C)C)C1CC1. The fourth-order valence-electron chi connectivity index (χ4n) is 1.97. The highest BCUT2D eigenvalue weighted by atomic mass is 28.4. The molecule has 1 unspecified atom stereocenters. The Kier molecular flexibility index (Phi) is 3.78. The van der Waals surface area contributed by atoms with E-state index in [1.807, 2.05) is 13.8 Å². The van der Waals surface area contributed by atoms with Gasteiger partial charge in [-0.3, -0.25) is 0 Å². The van der Waals surface area contributed by atoms with Crippen LogP contribution in [0.15, 0.2) is 12.3 Å². The Balaban J connectivity index is 2.77. The molecule has 0 aromatic heterocycles. The van der Waals surface area contributed by atoms with Crippen molar-refractivity contribution in [1.82, 2.24) is 0 Å². The summed E-state index contributed by atoms with van der Waals surface area (Å²) >= 11 is 0. The van der Waals surface area contributed by atoms with Crippen molar-refractivity contribution < 1.29 is 8.85 Å². The van der Waals surface area contributed by atoms with E-state index in [0.717, 1.165) is 12.4 Å². The van der Waals surface area contributed by atoms with Gasteiger partial charge in [-0.25, -0.2) is 0 Å². The van der Waals surface area contributed by atoms with Gasteiger partial charge in [0.2, 0.25) is 0 Å². The Hall–Kier alpha value is -0.283. The molecule has 1 aliphatic carbocycles. The molecule has 1 rings (SSSR count). The zero-order valence-corrected chi connectivity index (χ0v) is 10.8. The second kappa shape index (κ2) is 4.49. The van der Waals surface area contributed by atoms with E-state index in [2.05, 4.69) is 20.4 Å². The number of hydrogen-bond donors (Lipinski definition) is 0. The summed E-state index contributed by atoms with van der Waals surface area (Å²) in [7, 11) is -2.00. The van der Waals surface area contributed by atoms with Crippen LogP contribution in [0, 0.1) is 0 Å². The highest BCUT2D eigenvalue weighted by Gasteiger charge is 2.55. The standard InChI is InChI=1S/C11H22O2Si/c1-6-12-14(10(4)5,11-7-8-11)13-9(2)3/h10-11H,2,6-8H2,1,3-5H3. The van der Waals surface area contributed by atoms with Crippen LogP contribution in [-0.2, 0) is 8.85 Å². The highest BCUT2D eigenvalue weighted by Crippen LogP contribution is 2.51. The van der Waals surface area contributed by atoms with Crippen molar-refractivity contribution in [1.29, 1.82) is 0 Å². The van der Waals surface area contributed by atoms with Gasteiger partial charge < -0.3 is 8.85 Å². The minimum absolute atomic E-state index is 0.506. The van der Waals surface area contributed by atoms with Crippen molar-refractivity contribution >= 4 is 8.56 Å². The van der Waals surface area contributed by atoms with Gasteiger partial charge in [-0.15, -0.1) is 0 Å². The maximum atomic E-state index is 5.99. The Morgan fingerprint density at radius 3 is 2.36 bits per heavy atom. The lowest BCUT2D eigenvalue weighted by Gasteiger charge is -2.34. The molecule has 0 spiro atoms. The van der Waals surface area contributed by atoms with Gasteiger partial charge in [0.1, 0.15) is 0 Å². The van der Waals surface area contributed by atoms with Gasteiger partial charge in [0.05, 0.1) is 5.76 Å². The monoisotopic (exact) mass is 214 g/mol. The Morgan fingerprint density at radius 2 is 2.07 bits per heavy atom. The molecule has 0 bridgehead atoms. The van der Waals surface area contributed by atoms with E-state index in [-0.39, 0.29) is 0 Å². The van der Waals surface area contributed by atoms with E-state index in [1.54, 1.807) is 0 Å². The molecule has 1 aliphatic rings. The topological polar surface area (TPSA) is 18.5 Å². The molecule has 1 atom stereocenters. The number of hydrogen-bond acceptors (Lipinski definition) is 2. The lowest BCUT2D eigenvalue weighted by atomic mass is 10.6. The Morgan fingerprint density at radius 1 is 1.50 bits per heavy atom. The third kappa shape index (κ3) is 2.39. The zero-order chi connectivity index (χ0) is 10.8. The van der Waals surface area contributed by atoms with Crippen LogP contribution in [0.2, 0.25) is 11.1 Å². The summed E-state index contributed by atoms with van der Waals surface area (Å²) < 4.78 is 12.0. The third-order valence-electron chi connectivity index (χ3n) is 2.65. The maximum Gasteiger partial charge on any atom is 0.404 e. The Labute approximate surface area is 88.5 Å². The van der Waals surface area contributed by atoms with Crippen LogP contribution >= 0.6 is 0 Å². The van der Waals surface area contributed by atoms with Crippen LogP contribution in [0.25, 0.3) is 0 Å². The van der Waals surface area contributed by atoms with E-state index < -0.39 is 8.56 Å². The molecule has 14 heavy (non-hydrogen) atoms. The molecule has 0 heterocycles. The maximum absolute atomic E-state index is 5.99. The molecule has 1 fully saturated rings. The van der Waals surface area contributed by atoms with Gasteiger partial charge in [-0.05, 0) is 26.7 Å². The molecule has 82 valence electrons. The average Bonchev–Trinajstić information content (AvgIpc) is 2.84. The zero-order valence-electron chi connectivity index (χ0n) is 9.80. The van der Waals surface area contributed by atoms with E-state index >= 15 is 0 Å². The van der Waals surface area contributed by atoms with Gasteiger partial charge >= 0.3 is 8.56 Å². The van der Waals surface area contributed by atoms with Gasteiger partial charge in [0.15, 0.2) is 0 Å². The molecule has 0 aliphatic heterocycles. The van der Waals surface area contributed by atoms with Crippen LogP contribution in [0.1, 0.15) is 40.5 Å². The number of allylic oxidation sites excluding steroid dienone is 1. The van der Waals surface area contributed by atoms with E-state index in [9.17, 15) is 0 Å². The van der Waals surface area contributed by atoms with Gasteiger partial charge in [0.25, 0.3) is 0 Å². The Bertz CT molecular complexity index is 207. The van der Waals surface area contributed by atoms with Crippen molar-refractivity contribution in [3.8, 4) is 0 Å². The van der Waals surface area contributed by atoms with Gasteiger partial charge in [-0.1, -0.05) is 20.4 Å². The molecule has 0 radical (unpaired) electrons. The molecular weight excluding hydrogens is 192 g/mol. The predicted octanol–water partition coefficient (Wildman–Crippen LogP) is 3.59. The second-order valence-corrected chi connectivity index (χ2v) is 8.29. The van der Waals surface area contributed by atoms with Crippen molar-refractivity contribution in [2.45, 2.75) is 51.6 Å². The normalized spacial score (nSPS) is 20.6. The first-order valence-corrected chi connectivity index (χ1v) is 7.48. The molecule has 2 nitrogen and oxygen atoms in total. The summed E-state index contributed by atoms with van der Waals surface area (Å²) in [6, 6.07) is 0. The van der Waals surface area contributed by atoms with Gasteiger partial charge in [-0.2, -0.15) is 0 Å². The minimum Gasteiger partial charge on any atom is -0.524 e. The molecule has 0 N–H and O–H groups in total. The third-order valence-corrected chi connectivity index (χ3v) is 7.39. The van der Waals surface area contributed by atoms with Crippen molar-refractivity contribution in [3.63, 3.8) is 0 Å². The molecule has 0 aromatic rings. The molecular formula is C11H22O2Si. The average molecular weight is 214 g/mol. The summed E-state index contributed by atoms with van der Waals surface area (Å²) in [5, 5.41) is 0. The smallest absolute Gasteiger partial charge is 0.404 e. The van der Waals surface area contributed by atoms with Crippen LogP contribution in [0.3, 0.4) is 0 Å². The molecule has 3 heteroatoms. The van der Waals surface area contributed by atoms with Crippen molar-refractivity contribution in [2.75, 3.05) is 6.61 Å². The first-order valence-electron chi connectivity index (χ1n) is 5.51. The number of rotatable bonds is 6. The molecule has 0 aromatic carbocycles. The van der Waals surface area contributed by atoms with Crippen LogP contribution in [0.4, 0.5) is 0 Å². The fourth-order valence-corrected chi connectivity index (χ4v) is 5.91. The van der Waals surface area contributed by atoms with E-state index in [0.29, 0.717) is 11.1 Å². The molecule has 1 saturated carbocycles. The molecule has 0 saturated heterocycles. The summed E-state index contributed by atoms with van der Waals surface area (Å²) in [5.74, 6) is 0.811. The van der Waals surface area contributed by atoms with Crippen molar-refractivity contribution in [3.05, 3.63) is 12.3 Å². The molecule has 0 amide bonds. The second-order valence-electron chi connectivity index (χ2n) is 4.39. The van der Waals surface area contributed by atoms with E-state index in [4.69, 9.17) is 8.85 Å². The van der Waals surface area contributed by atoms with Crippen LogP contribution < -0.4 is 0 Å². The first kappa shape index (κ1) is 11.8. The highest BCUT2D eigenvalue weighted by molar-refractivity contribution is 6.71. The van der Waals surface area contributed by atoms with Crippen molar-refractivity contribution in [2.24, 2.45) is 0 Å². The summed E-state index contributed by atoms with van der Waals surface area (Å²) in [6.45, 7) is 13.0. The lowest BCUT2D eigenvalue weighted by molar-refractivity contribution is 0.205. The quantitative estimate of drug-likeness (QED) is 0.497. The van der Waals surface area contributed by atoms with Crippen LogP contribution in [-0.4, -0.2) is 15.2 Å². The van der Waals surface area contributed by atoms with Crippen LogP contribution in [0.5, 0.6) is 0 Å². The largest absolute Gasteiger partial charge is 0.524 e. The fraction of sp³-hybridized carbons (Fsp3) is 0.818. The summed E-state index contributed by atoms with van der Waals surface area (Å²) in [5.41, 5.74) is 1.20.